The number of carbonyl (C=O) groups is 2. The first-order valence-electron chi connectivity index (χ1n) is 6.78. The molecule has 3 N–H and O–H groups in total. The third-order valence-corrected chi connectivity index (χ3v) is 4.18. The second-order valence-electron chi connectivity index (χ2n) is 5.93. The molecule has 0 spiro atoms. The zero-order valence-electron chi connectivity index (χ0n) is 11.6. The van der Waals surface area contributed by atoms with Crippen LogP contribution in [-0.4, -0.2) is 41.4 Å². The van der Waals surface area contributed by atoms with Gasteiger partial charge < -0.3 is 16.0 Å². The van der Waals surface area contributed by atoms with Gasteiger partial charge in [0, 0.05) is 25.0 Å². The largest absolute Gasteiger partial charge is 0.352 e. The second-order valence-corrected chi connectivity index (χ2v) is 5.93. The molecule has 0 radical (unpaired) electrons. The van der Waals surface area contributed by atoms with E-state index in [9.17, 15) is 9.59 Å². The molecule has 1 aliphatic carbocycles. The van der Waals surface area contributed by atoms with E-state index in [1.165, 1.54) is 0 Å². The van der Waals surface area contributed by atoms with Crippen LogP contribution in [0.1, 0.15) is 39.5 Å². The van der Waals surface area contributed by atoms with Gasteiger partial charge in [-0.25, -0.2) is 0 Å². The molecule has 2 amide bonds. The smallest absolute Gasteiger partial charge is 0.245 e. The zero-order valence-corrected chi connectivity index (χ0v) is 12.5. The van der Waals surface area contributed by atoms with Crippen molar-refractivity contribution in [2.45, 2.75) is 51.1 Å². The van der Waals surface area contributed by atoms with Crippen LogP contribution in [-0.2, 0) is 9.59 Å². The quantitative estimate of drug-likeness (QED) is 0.745. The fourth-order valence-corrected chi connectivity index (χ4v) is 2.96. The maximum atomic E-state index is 12.6. The zero-order chi connectivity index (χ0) is 13.3. The summed E-state index contributed by atoms with van der Waals surface area (Å²) in [5, 5.41) is 2.81. The fraction of sp³-hybridized carbons (Fsp3) is 0.846. The molecule has 1 aliphatic heterocycles. The molecular formula is C13H24ClN3O2. The minimum Gasteiger partial charge on any atom is -0.352 e. The summed E-state index contributed by atoms with van der Waals surface area (Å²) >= 11 is 0. The Balaban J connectivity index is 0.00000180. The summed E-state index contributed by atoms with van der Waals surface area (Å²) in [6.07, 6.45) is 3.68. The lowest BCUT2D eigenvalue weighted by molar-refractivity contribution is -0.152. The molecule has 19 heavy (non-hydrogen) atoms. The molecule has 6 heteroatoms. The average Bonchev–Trinajstić information content (AvgIpc) is 2.32. The van der Waals surface area contributed by atoms with Crippen LogP contribution in [0.5, 0.6) is 0 Å². The third-order valence-electron chi connectivity index (χ3n) is 4.18. The van der Waals surface area contributed by atoms with E-state index >= 15 is 0 Å². The Kier molecular flexibility index (Phi) is 5.21. The first-order valence-corrected chi connectivity index (χ1v) is 6.78. The van der Waals surface area contributed by atoms with Crippen LogP contribution in [0.15, 0.2) is 0 Å². The van der Waals surface area contributed by atoms with Crippen molar-refractivity contribution in [1.82, 2.24) is 10.2 Å². The number of piperazine rings is 1. The van der Waals surface area contributed by atoms with Gasteiger partial charge in [0.1, 0.15) is 5.54 Å². The van der Waals surface area contributed by atoms with Crippen LogP contribution in [0.3, 0.4) is 0 Å². The minimum absolute atomic E-state index is 0. The Hall–Kier alpha value is -0.810. The van der Waals surface area contributed by atoms with Crippen molar-refractivity contribution in [1.29, 1.82) is 0 Å². The van der Waals surface area contributed by atoms with Gasteiger partial charge in [0.2, 0.25) is 11.8 Å². The first kappa shape index (κ1) is 16.2. The van der Waals surface area contributed by atoms with E-state index in [4.69, 9.17) is 5.73 Å². The number of hydrogen-bond donors (Lipinski definition) is 2. The van der Waals surface area contributed by atoms with E-state index in [0.29, 0.717) is 13.1 Å². The van der Waals surface area contributed by atoms with Crippen LogP contribution in [0.4, 0.5) is 0 Å². The van der Waals surface area contributed by atoms with Gasteiger partial charge in [0.15, 0.2) is 0 Å². The summed E-state index contributed by atoms with van der Waals surface area (Å²) < 4.78 is 0. The second kappa shape index (κ2) is 6.09. The highest BCUT2D eigenvalue weighted by Crippen LogP contribution is 2.28. The molecule has 1 saturated heterocycles. The molecule has 5 nitrogen and oxygen atoms in total. The van der Waals surface area contributed by atoms with E-state index in [0.717, 1.165) is 25.7 Å². The number of nitrogens with two attached hydrogens (primary N) is 1. The number of nitrogens with one attached hydrogen (secondary N) is 1. The lowest BCUT2D eigenvalue weighted by Crippen LogP contribution is -2.64. The fourth-order valence-electron chi connectivity index (χ4n) is 2.96. The molecule has 0 bridgehead atoms. The van der Waals surface area contributed by atoms with Crippen molar-refractivity contribution < 1.29 is 9.59 Å². The Morgan fingerprint density at radius 1 is 1.42 bits per heavy atom. The van der Waals surface area contributed by atoms with Gasteiger partial charge in [0.05, 0.1) is 0 Å². The number of carbonyl (C=O) groups excluding carboxylic acids is 2. The predicted octanol–water partition coefficient (Wildman–Crippen LogP) is 0.663. The summed E-state index contributed by atoms with van der Waals surface area (Å²) in [6, 6.07) is 0.134. The number of nitrogens with zero attached hydrogens (tertiary/aromatic N) is 1. The monoisotopic (exact) mass is 289 g/mol. The van der Waals surface area contributed by atoms with Crippen molar-refractivity contribution >= 4 is 24.2 Å². The molecule has 2 atom stereocenters. The lowest BCUT2D eigenvalue weighted by atomic mass is 9.84. The topological polar surface area (TPSA) is 75.4 Å². The first-order chi connectivity index (χ1) is 8.43. The molecular weight excluding hydrogens is 266 g/mol. The van der Waals surface area contributed by atoms with Crippen molar-refractivity contribution in [3.8, 4) is 0 Å². The molecule has 1 heterocycles. The van der Waals surface area contributed by atoms with Crippen LogP contribution in [0.2, 0.25) is 0 Å². The Bertz CT molecular complexity index is 360. The van der Waals surface area contributed by atoms with Crippen LogP contribution in [0, 0.1) is 5.92 Å². The number of amides is 2. The van der Waals surface area contributed by atoms with Crippen LogP contribution in [0.25, 0.3) is 0 Å². The Morgan fingerprint density at radius 3 is 2.74 bits per heavy atom. The Labute approximate surface area is 120 Å². The summed E-state index contributed by atoms with van der Waals surface area (Å²) in [5.41, 5.74) is 5.20. The normalized spacial score (nSPS) is 30.3. The molecule has 2 unspecified atom stereocenters. The van der Waals surface area contributed by atoms with Gasteiger partial charge >= 0.3 is 0 Å². The van der Waals surface area contributed by atoms with Gasteiger partial charge in [-0.05, 0) is 33.1 Å². The van der Waals surface area contributed by atoms with E-state index in [1.807, 2.05) is 13.8 Å². The summed E-state index contributed by atoms with van der Waals surface area (Å²) in [5.74, 6) is 0.0335. The van der Waals surface area contributed by atoms with E-state index in [2.05, 4.69) is 5.32 Å². The predicted molar refractivity (Wildman–Crippen MR) is 76.0 cm³/mol. The summed E-state index contributed by atoms with van der Waals surface area (Å²) in [7, 11) is 0. The standard InChI is InChI=1S/C13H23N3O2.ClH/c1-13(2)12(18)15-6-7-16(13)11(17)9-4-3-5-10(14)8-9;/h9-10H,3-8,14H2,1-2H3,(H,15,18);1H. The Morgan fingerprint density at radius 2 is 2.11 bits per heavy atom. The maximum Gasteiger partial charge on any atom is 0.245 e. The molecule has 110 valence electrons. The molecule has 2 fully saturated rings. The molecule has 2 aliphatic rings. The van der Waals surface area contributed by atoms with Gasteiger partial charge in [-0.15, -0.1) is 12.4 Å². The minimum atomic E-state index is -0.739. The van der Waals surface area contributed by atoms with Crippen LogP contribution < -0.4 is 11.1 Å². The molecule has 0 aromatic carbocycles. The van der Waals surface area contributed by atoms with Crippen molar-refractivity contribution in [3.05, 3.63) is 0 Å². The highest BCUT2D eigenvalue weighted by molar-refractivity contribution is 5.92. The molecule has 0 aromatic rings. The number of hydrogen-bond acceptors (Lipinski definition) is 3. The highest BCUT2D eigenvalue weighted by atomic mass is 35.5. The molecule has 2 rings (SSSR count). The van der Waals surface area contributed by atoms with E-state index < -0.39 is 5.54 Å². The van der Waals surface area contributed by atoms with Crippen molar-refractivity contribution in [3.63, 3.8) is 0 Å². The van der Waals surface area contributed by atoms with Crippen molar-refractivity contribution in [2.24, 2.45) is 11.7 Å². The van der Waals surface area contributed by atoms with E-state index in [1.54, 1.807) is 4.90 Å². The van der Waals surface area contributed by atoms with Gasteiger partial charge in [-0.3, -0.25) is 9.59 Å². The lowest BCUT2D eigenvalue weighted by Gasteiger charge is -2.43. The van der Waals surface area contributed by atoms with Gasteiger partial charge in [-0.2, -0.15) is 0 Å². The number of rotatable bonds is 1. The van der Waals surface area contributed by atoms with Crippen molar-refractivity contribution in [2.75, 3.05) is 13.1 Å². The summed E-state index contributed by atoms with van der Waals surface area (Å²) in [4.78, 5) is 26.1. The molecule has 0 aromatic heterocycles. The third kappa shape index (κ3) is 3.20. The summed E-state index contributed by atoms with van der Waals surface area (Å²) in [6.45, 7) is 4.76. The van der Waals surface area contributed by atoms with Crippen LogP contribution >= 0.6 is 12.4 Å². The van der Waals surface area contributed by atoms with Gasteiger partial charge in [-0.1, -0.05) is 6.42 Å². The van der Waals surface area contributed by atoms with Gasteiger partial charge in [0.25, 0.3) is 0 Å². The maximum absolute atomic E-state index is 12.6. The molecule has 1 saturated carbocycles. The average molecular weight is 290 g/mol. The number of halogens is 1. The SMILES string of the molecule is CC1(C)C(=O)NCCN1C(=O)C1CCCC(N)C1.Cl. The highest BCUT2D eigenvalue weighted by Gasteiger charge is 2.42. The van der Waals surface area contributed by atoms with E-state index in [-0.39, 0.29) is 36.2 Å².